The summed E-state index contributed by atoms with van der Waals surface area (Å²) in [7, 11) is 1.81. The molecule has 0 spiro atoms. The fourth-order valence-electron chi connectivity index (χ4n) is 2.10. The van der Waals surface area contributed by atoms with E-state index < -0.39 is 0 Å². The van der Waals surface area contributed by atoms with Crippen molar-refractivity contribution in [2.45, 2.75) is 25.7 Å². The number of hydrogen-bond acceptors (Lipinski definition) is 3. The zero-order valence-electron chi connectivity index (χ0n) is 10.6. The average molecular weight is 243 g/mol. The Labute approximate surface area is 107 Å². The molecule has 1 fully saturated rings. The standard InChI is InChI=1S/C14H17N3O/c1-17(8-6-11-3-2-4-11)14(18)12-5-7-16-13(9-12)10-15/h5,7,9,11H,2-4,6,8H2,1H3. The van der Waals surface area contributed by atoms with Crippen molar-refractivity contribution >= 4 is 5.91 Å². The molecule has 0 unspecified atom stereocenters. The van der Waals surface area contributed by atoms with Gasteiger partial charge in [0.1, 0.15) is 11.8 Å². The van der Waals surface area contributed by atoms with Crippen LogP contribution in [0.3, 0.4) is 0 Å². The van der Waals surface area contributed by atoms with Crippen molar-refractivity contribution < 1.29 is 4.79 Å². The van der Waals surface area contributed by atoms with Crippen LogP contribution in [0.15, 0.2) is 18.3 Å². The Morgan fingerprint density at radius 1 is 1.61 bits per heavy atom. The van der Waals surface area contributed by atoms with E-state index in [1.165, 1.54) is 25.5 Å². The second-order valence-electron chi connectivity index (χ2n) is 4.85. The average Bonchev–Trinajstić information content (AvgIpc) is 2.36. The molecule has 0 atom stereocenters. The van der Waals surface area contributed by atoms with E-state index in [2.05, 4.69) is 4.98 Å². The lowest BCUT2D eigenvalue weighted by Gasteiger charge is -2.27. The fourth-order valence-corrected chi connectivity index (χ4v) is 2.10. The molecule has 0 saturated heterocycles. The van der Waals surface area contributed by atoms with Crippen molar-refractivity contribution in [3.63, 3.8) is 0 Å². The fraction of sp³-hybridized carbons (Fsp3) is 0.500. The van der Waals surface area contributed by atoms with E-state index >= 15 is 0 Å². The number of nitrogens with zero attached hydrogens (tertiary/aromatic N) is 3. The molecule has 1 saturated carbocycles. The monoisotopic (exact) mass is 243 g/mol. The van der Waals surface area contributed by atoms with Gasteiger partial charge in [0.15, 0.2) is 0 Å². The number of rotatable bonds is 4. The Morgan fingerprint density at radius 3 is 3.00 bits per heavy atom. The van der Waals surface area contributed by atoms with Crippen LogP contribution in [0.1, 0.15) is 41.7 Å². The van der Waals surface area contributed by atoms with Gasteiger partial charge in [0.2, 0.25) is 0 Å². The van der Waals surface area contributed by atoms with E-state index in [1.807, 2.05) is 13.1 Å². The van der Waals surface area contributed by atoms with Gasteiger partial charge in [-0.1, -0.05) is 19.3 Å². The molecule has 4 heteroatoms. The smallest absolute Gasteiger partial charge is 0.253 e. The van der Waals surface area contributed by atoms with Crippen molar-refractivity contribution in [2.75, 3.05) is 13.6 Å². The van der Waals surface area contributed by atoms with Gasteiger partial charge < -0.3 is 4.90 Å². The normalized spacial score (nSPS) is 14.7. The lowest BCUT2D eigenvalue weighted by molar-refractivity contribution is 0.0779. The third-order valence-corrected chi connectivity index (χ3v) is 3.57. The van der Waals surface area contributed by atoms with E-state index in [-0.39, 0.29) is 11.6 Å². The molecule has 94 valence electrons. The molecule has 0 N–H and O–H groups in total. The molecule has 1 aromatic heterocycles. The maximum Gasteiger partial charge on any atom is 0.253 e. The summed E-state index contributed by atoms with van der Waals surface area (Å²) in [5, 5.41) is 8.76. The number of carbonyl (C=O) groups is 1. The first kappa shape index (κ1) is 12.6. The predicted molar refractivity (Wildman–Crippen MR) is 67.9 cm³/mol. The molecule has 0 bridgehead atoms. The Morgan fingerprint density at radius 2 is 2.39 bits per heavy atom. The van der Waals surface area contributed by atoms with Gasteiger partial charge in [-0.15, -0.1) is 0 Å². The van der Waals surface area contributed by atoms with E-state index in [0.29, 0.717) is 5.56 Å². The number of pyridine rings is 1. The Balaban J connectivity index is 1.94. The van der Waals surface area contributed by atoms with Gasteiger partial charge in [-0.25, -0.2) is 4.98 Å². The molecule has 1 aliphatic rings. The summed E-state index contributed by atoms with van der Waals surface area (Å²) in [4.78, 5) is 17.7. The third kappa shape index (κ3) is 2.86. The Hall–Kier alpha value is -1.89. The van der Waals surface area contributed by atoms with Crippen LogP contribution in [-0.2, 0) is 0 Å². The molecule has 1 heterocycles. The Kier molecular flexibility index (Phi) is 3.93. The van der Waals surface area contributed by atoms with Crippen LogP contribution in [0, 0.1) is 17.2 Å². The van der Waals surface area contributed by atoms with Crippen LogP contribution in [0.25, 0.3) is 0 Å². The molecule has 1 aliphatic carbocycles. The minimum Gasteiger partial charge on any atom is -0.342 e. The molecule has 1 amide bonds. The topological polar surface area (TPSA) is 57.0 Å². The summed E-state index contributed by atoms with van der Waals surface area (Å²) < 4.78 is 0. The largest absolute Gasteiger partial charge is 0.342 e. The van der Waals surface area contributed by atoms with Crippen LogP contribution in [0.5, 0.6) is 0 Å². The van der Waals surface area contributed by atoms with Crippen molar-refractivity contribution in [3.8, 4) is 6.07 Å². The van der Waals surface area contributed by atoms with Gasteiger partial charge in [0, 0.05) is 25.4 Å². The number of hydrogen-bond donors (Lipinski definition) is 0. The van der Waals surface area contributed by atoms with Crippen LogP contribution in [0.2, 0.25) is 0 Å². The minimum absolute atomic E-state index is 0.0341. The van der Waals surface area contributed by atoms with E-state index in [1.54, 1.807) is 17.0 Å². The summed E-state index contributed by atoms with van der Waals surface area (Å²) in [5.74, 6) is 0.764. The first-order valence-corrected chi connectivity index (χ1v) is 6.32. The molecule has 18 heavy (non-hydrogen) atoms. The maximum absolute atomic E-state index is 12.1. The van der Waals surface area contributed by atoms with Crippen molar-refractivity contribution in [2.24, 2.45) is 5.92 Å². The number of aromatic nitrogens is 1. The quantitative estimate of drug-likeness (QED) is 0.814. The lowest BCUT2D eigenvalue weighted by atomic mass is 9.83. The van der Waals surface area contributed by atoms with Crippen LogP contribution >= 0.6 is 0 Å². The molecule has 1 aromatic rings. The highest BCUT2D eigenvalue weighted by atomic mass is 16.2. The second kappa shape index (κ2) is 5.63. The lowest BCUT2D eigenvalue weighted by Crippen LogP contribution is -2.30. The van der Waals surface area contributed by atoms with Crippen LogP contribution in [0.4, 0.5) is 0 Å². The predicted octanol–water partition coefficient (Wildman–Crippen LogP) is 2.22. The second-order valence-corrected chi connectivity index (χ2v) is 4.85. The Bertz CT molecular complexity index is 474. The summed E-state index contributed by atoms with van der Waals surface area (Å²) in [6.45, 7) is 0.785. The first-order valence-electron chi connectivity index (χ1n) is 6.32. The highest BCUT2D eigenvalue weighted by Gasteiger charge is 2.19. The first-order chi connectivity index (χ1) is 8.70. The maximum atomic E-state index is 12.1. The van der Waals surface area contributed by atoms with Crippen LogP contribution < -0.4 is 0 Å². The molecule has 0 aliphatic heterocycles. The zero-order chi connectivity index (χ0) is 13.0. The molecular weight excluding hydrogens is 226 g/mol. The third-order valence-electron chi connectivity index (χ3n) is 3.57. The number of carbonyl (C=O) groups excluding carboxylic acids is 1. The SMILES string of the molecule is CN(CCC1CCC1)C(=O)c1ccnc(C#N)c1. The highest BCUT2D eigenvalue weighted by Crippen LogP contribution is 2.29. The number of amides is 1. The molecule has 0 aromatic carbocycles. The summed E-state index contributed by atoms with van der Waals surface area (Å²) >= 11 is 0. The van der Waals surface area contributed by atoms with Crippen molar-refractivity contribution in [3.05, 3.63) is 29.6 Å². The molecular formula is C14H17N3O. The van der Waals surface area contributed by atoms with Gasteiger partial charge in [-0.3, -0.25) is 4.79 Å². The van der Waals surface area contributed by atoms with Crippen molar-refractivity contribution in [1.29, 1.82) is 5.26 Å². The summed E-state index contributed by atoms with van der Waals surface area (Å²) in [6.07, 6.45) is 6.52. The number of nitriles is 1. The van der Waals surface area contributed by atoms with E-state index in [9.17, 15) is 4.79 Å². The van der Waals surface area contributed by atoms with Gasteiger partial charge in [-0.05, 0) is 24.5 Å². The molecule has 2 rings (SSSR count). The highest BCUT2D eigenvalue weighted by molar-refractivity contribution is 5.94. The van der Waals surface area contributed by atoms with Gasteiger partial charge in [-0.2, -0.15) is 5.26 Å². The van der Waals surface area contributed by atoms with Gasteiger partial charge in [0.05, 0.1) is 0 Å². The minimum atomic E-state index is -0.0341. The van der Waals surface area contributed by atoms with Gasteiger partial charge in [0.25, 0.3) is 5.91 Å². The van der Waals surface area contributed by atoms with Crippen LogP contribution in [-0.4, -0.2) is 29.4 Å². The molecule has 0 radical (unpaired) electrons. The zero-order valence-corrected chi connectivity index (χ0v) is 10.6. The van der Waals surface area contributed by atoms with Gasteiger partial charge >= 0.3 is 0 Å². The summed E-state index contributed by atoms with van der Waals surface area (Å²) in [6, 6.07) is 5.15. The van der Waals surface area contributed by atoms with E-state index in [4.69, 9.17) is 5.26 Å². The van der Waals surface area contributed by atoms with Crippen molar-refractivity contribution in [1.82, 2.24) is 9.88 Å². The van der Waals surface area contributed by atoms with E-state index in [0.717, 1.165) is 18.9 Å². The summed E-state index contributed by atoms with van der Waals surface area (Å²) in [5.41, 5.74) is 0.825. The molecule has 4 nitrogen and oxygen atoms in total.